The highest BCUT2D eigenvalue weighted by atomic mass is 32.2. The minimum atomic E-state index is -4.48. The number of nitrogens with one attached hydrogen (secondary N) is 1. The number of ether oxygens (including phenoxy) is 3. The van der Waals surface area contributed by atoms with Crippen molar-refractivity contribution in [1.29, 1.82) is 0 Å². The first-order valence-electron chi connectivity index (χ1n) is 8.86. The second-order valence-electron chi connectivity index (χ2n) is 5.75. The van der Waals surface area contributed by atoms with E-state index < -0.39 is 21.8 Å². The van der Waals surface area contributed by atoms with Crippen LogP contribution in [0.1, 0.15) is 19.4 Å². The Morgan fingerprint density at radius 3 is 2.28 bits per heavy atom. The lowest BCUT2D eigenvalue weighted by Gasteiger charge is -2.14. The topological polar surface area (TPSA) is 73.9 Å². The van der Waals surface area contributed by atoms with Gasteiger partial charge in [0.15, 0.2) is 0 Å². The second-order valence-corrected chi connectivity index (χ2v) is 7.48. The lowest BCUT2D eigenvalue weighted by molar-refractivity contribution is -0.137. The first-order chi connectivity index (χ1) is 13.7. The summed E-state index contributed by atoms with van der Waals surface area (Å²) >= 11 is 0. The van der Waals surface area contributed by atoms with Gasteiger partial charge in [0.2, 0.25) is 10.0 Å². The largest absolute Gasteiger partial charge is 0.494 e. The van der Waals surface area contributed by atoms with Gasteiger partial charge in [-0.2, -0.15) is 13.2 Å². The third-order valence-corrected chi connectivity index (χ3v) is 5.14. The van der Waals surface area contributed by atoms with Crippen LogP contribution in [0.15, 0.2) is 47.4 Å². The van der Waals surface area contributed by atoms with E-state index >= 15 is 0 Å². The van der Waals surface area contributed by atoms with Gasteiger partial charge in [0, 0.05) is 12.6 Å². The number of hydrogen-bond donors (Lipinski definition) is 1. The Hall–Kier alpha value is -2.46. The summed E-state index contributed by atoms with van der Waals surface area (Å²) in [4.78, 5) is -0.0677. The van der Waals surface area contributed by atoms with Crippen molar-refractivity contribution in [2.24, 2.45) is 0 Å². The van der Waals surface area contributed by atoms with Crippen molar-refractivity contribution in [2.75, 3.05) is 26.4 Å². The summed E-state index contributed by atoms with van der Waals surface area (Å²) in [5.74, 6) is 0.614. The Balaban J connectivity index is 2.02. The molecule has 0 fully saturated rings. The maximum atomic E-state index is 12.7. The average Bonchev–Trinajstić information content (AvgIpc) is 2.65. The van der Waals surface area contributed by atoms with Crippen LogP contribution < -0.4 is 18.9 Å². The Kier molecular flexibility index (Phi) is 7.74. The predicted octanol–water partition coefficient (Wildman–Crippen LogP) is 3.86. The fourth-order valence-corrected chi connectivity index (χ4v) is 3.56. The van der Waals surface area contributed by atoms with E-state index in [2.05, 4.69) is 4.72 Å². The summed E-state index contributed by atoms with van der Waals surface area (Å²) in [7, 11) is -3.92. The molecule has 0 radical (unpaired) electrons. The normalized spacial score (nSPS) is 11.9. The zero-order valence-electron chi connectivity index (χ0n) is 16.0. The van der Waals surface area contributed by atoms with E-state index in [9.17, 15) is 21.6 Å². The summed E-state index contributed by atoms with van der Waals surface area (Å²) in [6.07, 6.45) is -4.48. The molecular formula is C19H22F3NO5S. The molecule has 0 bridgehead atoms. The molecule has 1 N–H and O–H groups in total. The quantitative estimate of drug-likeness (QED) is 0.576. The highest BCUT2D eigenvalue weighted by Gasteiger charge is 2.30. The number of hydrogen-bond acceptors (Lipinski definition) is 5. The van der Waals surface area contributed by atoms with E-state index in [0.29, 0.717) is 12.4 Å². The van der Waals surface area contributed by atoms with Gasteiger partial charge in [-0.1, -0.05) is 6.07 Å². The molecule has 0 aliphatic carbocycles. The highest BCUT2D eigenvalue weighted by molar-refractivity contribution is 7.89. The van der Waals surface area contributed by atoms with Crippen LogP contribution in [0.5, 0.6) is 17.2 Å². The molecule has 0 saturated heterocycles. The molecule has 0 spiro atoms. The van der Waals surface area contributed by atoms with E-state index in [-0.39, 0.29) is 36.2 Å². The van der Waals surface area contributed by atoms with Crippen molar-refractivity contribution in [2.45, 2.75) is 24.9 Å². The van der Waals surface area contributed by atoms with E-state index in [0.717, 1.165) is 12.1 Å². The van der Waals surface area contributed by atoms with Gasteiger partial charge in [-0.05, 0) is 44.2 Å². The fourth-order valence-electron chi connectivity index (χ4n) is 2.42. The van der Waals surface area contributed by atoms with Gasteiger partial charge < -0.3 is 14.2 Å². The van der Waals surface area contributed by atoms with Gasteiger partial charge in [0.1, 0.15) is 28.8 Å². The summed E-state index contributed by atoms with van der Waals surface area (Å²) < 4.78 is 81.6. The van der Waals surface area contributed by atoms with E-state index in [4.69, 9.17) is 14.2 Å². The van der Waals surface area contributed by atoms with Crippen LogP contribution in [0.3, 0.4) is 0 Å². The van der Waals surface area contributed by atoms with Gasteiger partial charge in [-0.3, -0.25) is 0 Å². The second kappa shape index (κ2) is 9.84. The lowest BCUT2D eigenvalue weighted by atomic mass is 10.2. The molecule has 6 nitrogen and oxygen atoms in total. The molecule has 0 heterocycles. The summed E-state index contributed by atoms with van der Waals surface area (Å²) in [6, 6.07) is 8.73. The van der Waals surface area contributed by atoms with E-state index in [1.54, 1.807) is 13.8 Å². The monoisotopic (exact) mass is 433 g/mol. The summed E-state index contributed by atoms with van der Waals surface area (Å²) in [5.41, 5.74) is -0.841. The minimum Gasteiger partial charge on any atom is -0.494 e. The van der Waals surface area contributed by atoms with Gasteiger partial charge in [-0.25, -0.2) is 13.1 Å². The number of alkyl halides is 3. The minimum absolute atomic E-state index is 0.00454. The van der Waals surface area contributed by atoms with Crippen LogP contribution in [0.4, 0.5) is 13.2 Å². The standard InChI is InChI=1S/C19H22F3NO5S/c1-3-26-16-8-9-18(17(13-16)27-4-2)29(24,25)23-10-11-28-15-7-5-6-14(12-15)19(20,21)22/h5-9,12-13,23H,3-4,10-11H2,1-2H3. The zero-order valence-corrected chi connectivity index (χ0v) is 16.8. The van der Waals surface area contributed by atoms with Crippen LogP contribution in [0.2, 0.25) is 0 Å². The van der Waals surface area contributed by atoms with Gasteiger partial charge >= 0.3 is 6.18 Å². The average molecular weight is 433 g/mol. The van der Waals surface area contributed by atoms with Crippen molar-refractivity contribution in [1.82, 2.24) is 4.72 Å². The first-order valence-corrected chi connectivity index (χ1v) is 10.3. The SMILES string of the molecule is CCOc1ccc(S(=O)(=O)NCCOc2cccc(C(F)(F)F)c2)c(OCC)c1. The molecule has 10 heteroatoms. The van der Waals surface area contributed by atoms with Crippen molar-refractivity contribution >= 4 is 10.0 Å². The molecule has 160 valence electrons. The molecule has 0 saturated carbocycles. The molecule has 29 heavy (non-hydrogen) atoms. The molecule has 0 aliphatic heterocycles. The van der Waals surface area contributed by atoms with Crippen molar-refractivity contribution in [3.63, 3.8) is 0 Å². The van der Waals surface area contributed by atoms with Crippen LogP contribution in [-0.4, -0.2) is 34.8 Å². The molecular weight excluding hydrogens is 411 g/mol. The van der Waals surface area contributed by atoms with Crippen molar-refractivity contribution in [3.05, 3.63) is 48.0 Å². The smallest absolute Gasteiger partial charge is 0.416 e. The van der Waals surface area contributed by atoms with Crippen LogP contribution >= 0.6 is 0 Å². The van der Waals surface area contributed by atoms with E-state index in [1.807, 2.05) is 0 Å². The highest BCUT2D eigenvalue weighted by Crippen LogP contribution is 2.31. The van der Waals surface area contributed by atoms with E-state index in [1.165, 1.54) is 30.3 Å². The Bertz CT molecular complexity index is 916. The molecule has 0 unspecified atom stereocenters. The maximum absolute atomic E-state index is 12.7. The molecule has 2 aromatic rings. The van der Waals surface area contributed by atoms with Gasteiger partial charge in [0.05, 0.1) is 18.8 Å². The number of halogens is 3. The van der Waals surface area contributed by atoms with Crippen molar-refractivity contribution < 1.29 is 35.8 Å². The number of benzene rings is 2. The fraction of sp³-hybridized carbons (Fsp3) is 0.368. The van der Waals surface area contributed by atoms with Crippen molar-refractivity contribution in [3.8, 4) is 17.2 Å². The van der Waals surface area contributed by atoms with Crippen LogP contribution in [0.25, 0.3) is 0 Å². The summed E-state index contributed by atoms with van der Waals surface area (Å²) in [5, 5.41) is 0. The van der Waals surface area contributed by atoms with Crippen LogP contribution in [-0.2, 0) is 16.2 Å². The Labute approximate surface area is 167 Å². The molecule has 0 atom stereocenters. The maximum Gasteiger partial charge on any atom is 0.416 e. The predicted molar refractivity (Wildman–Crippen MR) is 101 cm³/mol. The molecule has 0 aromatic heterocycles. The summed E-state index contributed by atoms with van der Waals surface area (Å²) in [6.45, 7) is 3.91. The lowest BCUT2D eigenvalue weighted by Crippen LogP contribution is -2.28. The van der Waals surface area contributed by atoms with Gasteiger partial charge in [-0.15, -0.1) is 0 Å². The number of rotatable bonds is 10. The van der Waals surface area contributed by atoms with Gasteiger partial charge in [0.25, 0.3) is 0 Å². The zero-order chi connectivity index (χ0) is 21.5. The molecule has 0 aliphatic rings. The third-order valence-electron chi connectivity index (χ3n) is 3.64. The Morgan fingerprint density at radius 1 is 0.931 bits per heavy atom. The molecule has 2 aromatic carbocycles. The molecule has 2 rings (SSSR count). The van der Waals surface area contributed by atoms with Crippen LogP contribution in [0, 0.1) is 0 Å². The first kappa shape index (κ1) is 22.8. The number of sulfonamides is 1. The third kappa shape index (κ3) is 6.53. The molecule has 0 amide bonds. The Morgan fingerprint density at radius 2 is 1.62 bits per heavy atom.